The van der Waals surface area contributed by atoms with Crippen molar-refractivity contribution >= 4 is 11.6 Å². The van der Waals surface area contributed by atoms with Crippen molar-refractivity contribution in [2.75, 3.05) is 11.4 Å². The number of rotatable bonds is 6. The van der Waals surface area contributed by atoms with E-state index in [1.54, 1.807) is 35.4 Å². The summed E-state index contributed by atoms with van der Waals surface area (Å²) in [6.07, 6.45) is 4.14. The van der Waals surface area contributed by atoms with E-state index < -0.39 is 12.4 Å². The quantitative estimate of drug-likeness (QED) is 0.666. The van der Waals surface area contributed by atoms with Crippen molar-refractivity contribution in [1.82, 2.24) is 10.2 Å². The summed E-state index contributed by atoms with van der Waals surface area (Å²) < 4.78 is 43.7. The van der Waals surface area contributed by atoms with Crippen LogP contribution in [0.1, 0.15) is 12.0 Å². The van der Waals surface area contributed by atoms with Gasteiger partial charge in [0.25, 0.3) is 0 Å². The van der Waals surface area contributed by atoms with Gasteiger partial charge >= 0.3 is 6.61 Å². The molecule has 2 aromatic carbocycles. The van der Waals surface area contributed by atoms with Crippen molar-refractivity contribution in [2.45, 2.75) is 19.5 Å². The molecule has 1 fully saturated rings. The highest BCUT2D eigenvalue weighted by atomic mass is 19.3. The van der Waals surface area contributed by atoms with Gasteiger partial charge in [0, 0.05) is 35.5 Å². The van der Waals surface area contributed by atoms with Crippen molar-refractivity contribution < 1.29 is 22.7 Å². The molecule has 150 valence electrons. The van der Waals surface area contributed by atoms with Crippen molar-refractivity contribution in [3.8, 4) is 16.9 Å². The van der Waals surface area contributed by atoms with E-state index in [2.05, 4.69) is 14.9 Å². The maximum atomic E-state index is 14.5. The van der Waals surface area contributed by atoms with Gasteiger partial charge in [-0.1, -0.05) is 12.1 Å². The molecular weight excluding hydrogens is 383 g/mol. The monoisotopic (exact) mass is 401 g/mol. The summed E-state index contributed by atoms with van der Waals surface area (Å²) >= 11 is 0. The number of alkyl halides is 2. The minimum absolute atomic E-state index is 0.0664. The molecule has 1 saturated heterocycles. The van der Waals surface area contributed by atoms with Crippen LogP contribution in [0.25, 0.3) is 11.1 Å². The fraction of sp³-hybridized carbons (Fsp3) is 0.238. The minimum Gasteiger partial charge on any atom is -0.435 e. The Morgan fingerprint density at radius 1 is 1.24 bits per heavy atom. The van der Waals surface area contributed by atoms with E-state index in [4.69, 9.17) is 0 Å². The predicted octanol–water partition coefficient (Wildman–Crippen LogP) is 4.41. The summed E-state index contributed by atoms with van der Waals surface area (Å²) in [5, 5.41) is 6.46. The van der Waals surface area contributed by atoms with E-state index in [-0.39, 0.29) is 17.6 Å². The van der Waals surface area contributed by atoms with Crippen molar-refractivity contribution in [2.24, 2.45) is 5.92 Å². The van der Waals surface area contributed by atoms with Crippen LogP contribution < -0.4 is 9.64 Å². The number of anilines is 1. The van der Waals surface area contributed by atoms with E-state index in [1.807, 2.05) is 0 Å². The Morgan fingerprint density at radius 2 is 2.10 bits per heavy atom. The number of hydrogen-bond donors (Lipinski definition) is 1. The maximum absolute atomic E-state index is 14.5. The molecule has 2 heterocycles. The molecular formula is C21H18F3N3O2. The fourth-order valence-electron chi connectivity index (χ4n) is 3.62. The SMILES string of the molecule is O=C1C(Cc2cccc(OC(F)F)c2)CCN1c1ccc(-c2cn[nH]c2)c(F)c1. The fourth-order valence-corrected chi connectivity index (χ4v) is 3.62. The summed E-state index contributed by atoms with van der Waals surface area (Å²) in [5.41, 5.74) is 2.27. The third-order valence-electron chi connectivity index (χ3n) is 5.00. The van der Waals surface area contributed by atoms with Gasteiger partial charge in [0.1, 0.15) is 11.6 Å². The highest BCUT2D eigenvalue weighted by molar-refractivity contribution is 5.97. The topological polar surface area (TPSA) is 58.2 Å². The molecule has 1 N–H and O–H groups in total. The molecule has 1 amide bonds. The molecule has 1 unspecified atom stereocenters. The van der Waals surface area contributed by atoms with Gasteiger partial charge in [-0.05, 0) is 48.7 Å². The van der Waals surface area contributed by atoms with Crippen LogP contribution >= 0.6 is 0 Å². The van der Waals surface area contributed by atoms with Gasteiger partial charge in [-0.3, -0.25) is 9.89 Å². The highest BCUT2D eigenvalue weighted by Crippen LogP contribution is 2.31. The number of ether oxygens (including phenoxy) is 1. The second-order valence-electron chi connectivity index (χ2n) is 6.86. The Kier molecular flexibility index (Phi) is 5.24. The zero-order valence-electron chi connectivity index (χ0n) is 15.3. The molecule has 0 saturated carbocycles. The second kappa shape index (κ2) is 7.98. The molecule has 3 aromatic rings. The van der Waals surface area contributed by atoms with Crippen LogP contribution in [-0.2, 0) is 11.2 Å². The lowest BCUT2D eigenvalue weighted by molar-refractivity contribution is -0.120. The normalized spacial score (nSPS) is 16.6. The summed E-state index contributed by atoms with van der Waals surface area (Å²) in [5.74, 6) is -0.775. The largest absolute Gasteiger partial charge is 0.435 e. The summed E-state index contributed by atoms with van der Waals surface area (Å²) in [6.45, 7) is -2.42. The maximum Gasteiger partial charge on any atom is 0.387 e. The Balaban J connectivity index is 1.47. The minimum atomic E-state index is -2.89. The lowest BCUT2D eigenvalue weighted by Crippen LogP contribution is -2.27. The predicted molar refractivity (Wildman–Crippen MR) is 101 cm³/mol. The molecule has 29 heavy (non-hydrogen) atoms. The Hall–Kier alpha value is -3.29. The van der Waals surface area contributed by atoms with Crippen LogP contribution in [0.4, 0.5) is 18.9 Å². The van der Waals surface area contributed by atoms with Gasteiger partial charge in [-0.25, -0.2) is 4.39 Å². The molecule has 5 nitrogen and oxygen atoms in total. The molecule has 0 spiro atoms. The van der Waals surface area contributed by atoms with Gasteiger partial charge in [-0.2, -0.15) is 13.9 Å². The first-order valence-electron chi connectivity index (χ1n) is 9.15. The summed E-state index contributed by atoms with van der Waals surface area (Å²) in [7, 11) is 0. The first-order valence-corrected chi connectivity index (χ1v) is 9.15. The van der Waals surface area contributed by atoms with E-state index in [1.165, 1.54) is 24.4 Å². The number of nitrogens with one attached hydrogen (secondary N) is 1. The molecule has 1 aromatic heterocycles. The Morgan fingerprint density at radius 3 is 2.83 bits per heavy atom. The van der Waals surface area contributed by atoms with Crippen molar-refractivity contribution in [1.29, 1.82) is 0 Å². The van der Waals surface area contributed by atoms with Crippen molar-refractivity contribution in [3.63, 3.8) is 0 Å². The molecule has 1 aliphatic rings. The summed E-state index contributed by atoms with van der Waals surface area (Å²) in [6, 6.07) is 11.0. The highest BCUT2D eigenvalue weighted by Gasteiger charge is 2.33. The van der Waals surface area contributed by atoms with Crippen LogP contribution in [-0.4, -0.2) is 29.3 Å². The number of H-pyrrole nitrogens is 1. The van der Waals surface area contributed by atoms with Crippen LogP contribution in [0.3, 0.4) is 0 Å². The summed E-state index contributed by atoms with van der Waals surface area (Å²) in [4.78, 5) is 14.4. The zero-order valence-corrected chi connectivity index (χ0v) is 15.3. The van der Waals surface area contributed by atoms with Gasteiger partial charge in [-0.15, -0.1) is 0 Å². The van der Waals surface area contributed by atoms with E-state index in [0.717, 1.165) is 5.56 Å². The standard InChI is InChI=1S/C21H18F3N3O2/c22-19-10-16(4-5-18(19)15-11-25-26-12-15)27-7-6-14(20(27)28)8-13-2-1-3-17(9-13)29-21(23)24/h1-5,9-12,14,21H,6-8H2,(H,25,26). The lowest BCUT2D eigenvalue weighted by Gasteiger charge is -2.18. The van der Waals surface area contributed by atoms with Crippen LogP contribution in [0.15, 0.2) is 54.9 Å². The average Bonchev–Trinajstić information content (AvgIpc) is 3.32. The first kappa shape index (κ1) is 19.0. The molecule has 0 aliphatic carbocycles. The molecule has 8 heteroatoms. The van der Waals surface area contributed by atoms with E-state index in [9.17, 15) is 18.0 Å². The van der Waals surface area contributed by atoms with Gasteiger partial charge < -0.3 is 9.64 Å². The number of amides is 1. The number of carbonyl (C=O) groups is 1. The van der Waals surface area contributed by atoms with Gasteiger partial charge in [0.15, 0.2) is 0 Å². The molecule has 0 radical (unpaired) electrons. The molecule has 4 rings (SSSR count). The third kappa shape index (κ3) is 4.11. The van der Waals surface area contributed by atoms with Crippen LogP contribution in [0.2, 0.25) is 0 Å². The molecule has 1 aliphatic heterocycles. The van der Waals surface area contributed by atoms with E-state index in [0.29, 0.717) is 36.2 Å². The Labute approximate surface area is 165 Å². The lowest BCUT2D eigenvalue weighted by atomic mass is 9.98. The average molecular weight is 401 g/mol. The zero-order chi connectivity index (χ0) is 20.4. The number of aromatic amines is 1. The number of aromatic nitrogens is 2. The second-order valence-corrected chi connectivity index (χ2v) is 6.86. The molecule has 0 bridgehead atoms. The van der Waals surface area contributed by atoms with Crippen molar-refractivity contribution in [3.05, 3.63) is 66.2 Å². The number of hydrogen-bond acceptors (Lipinski definition) is 3. The molecule has 1 atom stereocenters. The van der Waals surface area contributed by atoms with Crippen LogP contribution in [0.5, 0.6) is 5.75 Å². The van der Waals surface area contributed by atoms with Gasteiger partial charge in [0.2, 0.25) is 5.91 Å². The number of benzene rings is 2. The third-order valence-corrected chi connectivity index (χ3v) is 5.00. The smallest absolute Gasteiger partial charge is 0.387 e. The Bertz CT molecular complexity index is 1010. The number of nitrogens with zero attached hydrogens (tertiary/aromatic N) is 2. The van der Waals surface area contributed by atoms with Gasteiger partial charge in [0.05, 0.1) is 6.20 Å². The first-order chi connectivity index (χ1) is 14.0. The van der Waals surface area contributed by atoms with E-state index >= 15 is 0 Å². The van der Waals surface area contributed by atoms with Crippen LogP contribution in [0, 0.1) is 11.7 Å². The number of halogens is 3. The number of carbonyl (C=O) groups excluding carboxylic acids is 1.